The second-order valence-corrected chi connectivity index (χ2v) is 8.02. The van der Waals surface area contributed by atoms with E-state index in [1.54, 1.807) is 18.3 Å². The van der Waals surface area contributed by atoms with Crippen LogP contribution in [0.25, 0.3) is 11.3 Å². The third kappa shape index (κ3) is 4.22. The third-order valence-corrected chi connectivity index (χ3v) is 4.85. The van der Waals surface area contributed by atoms with Crippen molar-refractivity contribution in [3.63, 3.8) is 0 Å². The van der Waals surface area contributed by atoms with Crippen molar-refractivity contribution in [1.29, 1.82) is 0 Å². The largest absolute Gasteiger partial charge is 0.378 e. The molecule has 2 atom stereocenters. The predicted molar refractivity (Wildman–Crippen MR) is 98.7 cm³/mol. The van der Waals surface area contributed by atoms with Crippen LogP contribution in [0.3, 0.4) is 0 Å². The van der Waals surface area contributed by atoms with Gasteiger partial charge in [0.15, 0.2) is 0 Å². The number of carbonyl (C=O) groups excluding carboxylic acids is 1. The van der Waals surface area contributed by atoms with Crippen LogP contribution in [0.2, 0.25) is 5.02 Å². The zero-order chi connectivity index (χ0) is 18.0. The standard InChI is InChI=1S/C19H24ClN3O2/c1-19(2,3)16-10-14(8-9-25-16)22-18(24)15-11-21-23-17(15)12-4-6-13(20)7-5-12/h4-7,11,14,16H,8-10H2,1-3H3,(H,21,23)(H,22,24)/t14-,16-/m1/s1. The summed E-state index contributed by atoms with van der Waals surface area (Å²) in [7, 11) is 0. The number of hydrogen-bond acceptors (Lipinski definition) is 3. The van der Waals surface area contributed by atoms with Gasteiger partial charge in [-0.15, -0.1) is 0 Å². The first kappa shape index (κ1) is 18.0. The Balaban J connectivity index is 1.72. The lowest BCUT2D eigenvalue weighted by atomic mass is 9.83. The lowest BCUT2D eigenvalue weighted by molar-refractivity contribution is -0.0569. The van der Waals surface area contributed by atoms with Crippen LogP contribution in [-0.2, 0) is 4.74 Å². The molecule has 0 radical (unpaired) electrons. The number of nitrogens with one attached hydrogen (secondary N) is 2. The van der Waals surface area contributed by atoms with E-state index in [0.717, 1.165) is 18.4 Å². The number of halogens is 1. The number of aromatic amines is 1. The van der Waals surface area contributed by atoms with Crippen LogP contribution in [0.4, 0.5) is 0 Å². The smallest absolute Gasteiger partial charge is 0.255 e. The van der Waals surface area contributed by atoms with Crippen molar-refractivity contribution in [3.05, 3.63) is 41.0 Å². The SMILES string of the molecule is CC(C)(C)[C@H]1C[C@H](NC(=O)c2cn[nH]c2-c2ccc(Cl)cc2)CCO1. The summed E-state index contributed by atoms with van der Waals surface area (Å²) >= 11 is 5.94. The van der Waals surface area contributed by atoms with Crippen LogP contribution in [0.5, 0.6) is 0 Å². The monoisotopic (exact) mass is 361 g/mol. The molecule has 2 aromatic rings. The zero-order valence-electron chi connectivity index (χ0n) is 14.8. The fourth-order valence-corrected chi connectivity index (χ4v) is 3.22. The Bertz CT molecular complexity index is 734. The molecule has 6 heteroatoms. The van der Waals surface area contributed by atoms with Gasteiger partial charge >= 0.3 is 0 Å². The van der Waals surface area contributed by atoms with E-state index in [2.05, 4.69) is 36.3 Å². The highest BCUT2D eigenvalue weighted by atomic mass is 35.5. The Morgan fingerprint density at radius 1 is 1.32 bits per heavy atom. The molecule has 0 spiro atoms. The molecular weight excluding hydrogens is 338 g/mol. The number of carbonyl (C=O) groups is 1. The molecule has 1 amide bonds. The van der Waals surface area contributed by atoms with Gasteiger partial charge in [0.1, 0.15) is 0 Å². The molecular formula is C19H24ClN3O2. The highest BCUT2D eigenvalue weighted by molar-refractivity contribution is 6.30. The van der Waals surface area contributed by atoms with E-state index in [0.29, 0.717) is 22.9 Å². The van der Waals surface area contributed by atoms with Crippen LogP contribution in [0.15, 0.2) is 30.5 Å². The third-order valence-electron chi connectivity index (χ3n) is 4.60. The van der Waals surface area contributed by atoms with Crippen LogP contribution in [0, 0.1) is 5.41 Å². The molecule has 134 valence electrons. The van der Waals surface area contributed by atoms with E-state index in [1.165, 1.54) is 0 Å². The van der Waals surface area contributed by atoms with Crippen LogP contribution in [-0.4, -0.2) is 34.9 Å². The van der Waals surface area contributed by atoms with E-state index in [1.807, 2.05) is 12.1 Å². The molecule has 0 saturated carbocycles. The van der Waals surface area contributed by atoms with Gasteiger partial charge in [-0.05, 0) is 30.4 Å². The minimum absolute atomic E-state index is 0.0630. The number of H-pyrrole nitrogens is 1. The molecule has 0 unspecified atom stereocenters. The molecule has 2 heterocycles. The van der Waals surface area contributed by atoms with Crippen LogP contribution in [0.1, 0.15) is 44.0 Å². The minimum atomic E-state index is -0.113. The summed E-state index contributed by atoms with van der Waals surface area (Å²) in [6, 6.07) is 7.45. The van der Waals surface area contributed by atoms with Gasteiger partial charge in [0.05, 0.1) is 23.6 Å². The summed E-state index contributed by atoms with van der Waals surface area (Å²) in [5.41, 5.74) is 2.19. The molecule has 1 aromatic heterocycles. The van der Waals surface area contributed by atoms with Crippen molar-refractivity contribution in [2.75, 3.05) is 6.61 Å². The molecule has 1 saturated heterocycles. The molecule has 1 aliphatic rings. The maximum Gasteiger partial charge on any atom is 0.255 e. The maximum absolute atomic E-state index is 12.8. The van der Waals surface area contributed by atoms with E-state index < -0.39 is 0 Å². The highest BCUT2D eigenvalue weighted by Crippen LogP contribution is 2.30. The summed E-state index contributed by atoms with van der Waals surface area (Å²) in [6.45, 7) is 7.16. The van der Waals surface area contributed by atoms with E-state index in [-0.39, 0.29) is 23.5 Å². The molecule has 5 nitrogen and oxygen atoms in total. The second-order valence-electron chi connectivity index (χ2n) is 7.59. The fraction of sp³-hybridized carbons (Fsp3) is 0.474. The Morgan fingerprint density at radius 3 is 2.72 bits per heavy atom. The molecule has 25 heavy (non-hydrogen) atoms. The number of aromatic nitrogens is 2. The Morgan fingerprint density at radius 2 is 2.04 bits per heavy atom. The van der Waals surface area contributed by atoms with Gasteiger partial charge in [-0.3, -0.25) is 9.89 Å². The van der Waals surface area contributed by atoms with Crippen molar-refractivity contribution < 1.29 is 9.53 Å². The molecule has 1 aromatic carbocycles. The normalized spacial score (nSPS) is 21.1. The number of amides is 1. The summed E-state index contributed by atoms with van der Waals surface area (Å²) in [6.07, 6.45) is 3.36. The summed E-state index contributed by atoms with van der Waals surface area (Å²) in [4.78, 5) is 12.8. The Kier molecular flexibility index (Phi) is 5.16. The number of benzene rings is 1. The van der Waals surface area contributed by atoms with Gasteiger partial charge in [0.2, 0.25) is 0 Å². The van der Waals surface area contributed by atoms with Gasteiger partial charge in [-0.25, -0.2) is 0 Å². The minimum Gasteiger partial charge on any atom is -0.378 e. The first-order chi connectivity index (χ1) is 11.8. The van der Waals surface area contributed by atoms with Gasteiger partial charge < -0.3 is 10.1 Å². The zero-order valence-corrected chi connectivity index (χ0v) is 15.6. The van der Waals surface area contributed by atoms with Crippen molar-refractivity contribution >= 4 is 17.5 Å². The van der Waals surface area contributed by atoms with E-state index in [4.69, 9.17) is 16.3 Å². The molecule has 0 aliphatic carbocycles. The fourth-order valence-electron chi connectivity index (χ4n) is 3.09. The number of nitrogens with zero attached hydrogens (tertiary/aromatic N) is 1. The van der Waals surface area contributed by atoms with Crippen molar-refractivity contribution in [2.24, 2.45) is 5.41 Å². The number of ether oxygens (including phenoxy) is 1. The first-order valence-corrected chi connectivity index (χ1v) is 8.94. The topological polar surface area (TPSA) is 67.0 Å². The highest BCUT2D eigenvalue weighted by Gasteiger charge is 2.32. The average molecular weight is 362 g/mol. The molecule has 1 fully saturated rings. The second kappa shape index (κ2) is 7.18. The van der Waals surface area contributed by atoms with Gasteiger partial charge in [0.25, 0.3) is 5.91 Å². The maximum atomic E-state index is 12.8. The Labute approximate surface area is 153 Å². The average Bonchev–Trinajstić information content (AvgIpc) is 3.05. The summed E-state index contributed by atoms with van der Waals surface area (Å²) in [5.74, 6) is -0.113. The van der Waals surface area contributed by atoms with Gasteiger partial charge in [-0.1, -0.05) is 44.5 Å². The predicted octanol–water partition coefficient (Wildman–Crippen LogP) is 4.05. The number of rotatable bonds is 3. The van der Waals surface area contributed by atoms with Gasteiger partial charge in [0, 0.05) is 23.2 Å². The van der Waals surface area contributed by atoms with E-state index >= 15 is 0 Å². The summed E-state index contributed by atoms with van der Waals surface area (Å²) in [5, 5.41) is 10.8. The molecule has 3 rings (SSSR count). The Hall–Kier alpha value is -1.85. The van der Waals surface area contributed by atoms with Crippen molar-refractivity contribution in [3.8, 4) is 11.3 Å². The van der Waals surface area contributed by atoms with Crippen LogP contribution < -0.4 is 5.32 Å². The van der Waals surface area contributed by atoms with Gasteiger partial charge in [-0.2, -0.15) is 5.10 Å². The molecule has 2 N–H and O–H groups in total. The van der Waals surface area contributed by atoms with Crippen LogP contribution >= 0.6 is 11.6 Å². The summed E-state index contributed by atoms with van der Waals surface area (Å²) < 4.78 is 5.87. The number of hydrogen-bond donors (Lipinski definition) is 2. The van der Waals surface area contributed by atoms with Crippen molar-refractivity contribution in [2.45, 2.75) is 45.8 Å². The first-order valence-electron chi connectivity index (χ1n) is 8.56. The lowest BCUT2D eigenvalue weighted by Crippen LogP contribution is -2.45. The molecule has 0 bridgehead atoms. The quantitative estimate of drug-likeness (QED) is 0.866. The van der Waals surface area contributed by atoms with E-state index in [9.17, 15) is 4.79 Å². The lowest BCUT2D eigenvalue weighted by Gasteiger charge is -2.37. The molecule has 1 aliphatic heterocycles. The van der Waals surface area contributed by atoms with Crippen molar-refractivity contribution in [1.82, 2.24) is 15.5 Å².